The van der Waals surface area contributed by atoms with E-state index in [-0.39, 0.29) is 11.8 Å². The Labute approximate surface area is 90.9 Å². The van der Waals surface area contributed by atoms with Crippen molar-refractivity contribution in [1.29, 1.82) is 0 Å². The maximum absolute atomic E-state index is 11.7. The Hall–Kier alpha value is -1.19. The predicted molar refractivity (Wildman–Crippen MR) is 62.2 cm³/mol. The number of carbonyl (C=O) groups is 1. The van der Waals surface area contributed by atoms with Crippen LogP contribution in [0.25, 0.3) is 0 Å². The van der Waals surface area contributed by atoms with Gasteiger partial charge in [-0.3, -0.25) is 15.1 Å². The number of carbonyl (C=O) groups excluding carboxylic acids is 1. The number of unbranched alkanes of at least 4 members (excludes halogenated alkanes) is 1. The zero-order valence-electron chi connectivity index (χ0n) is 9.71. The molecule has 0 spiro atoms. The number of nitrogens with zero attached hydrogens (tertiary/aromatic N) is 2. The normalized spacial score (nSPS) is 23.9. The summed E-state index contributed by atoms with van der Waals surface area (Å²) >= 11 is 0. The first-order valence-electron chi connectivity index (χ1n) is 5.59. The lowest BCUT2D eigenvalue weighted by Crippen LogP contribution is -2.43. The number of nitrogens with one attached hydrogen (secondary N) is 1. The summed E-state index contributed by atoms with van der Waals surface area (Å²) in [6.45, 7) is 6.60. The molecule has 1 aliphatic rings. The third kappa shape index (κ3) is 3.15. The molecule has 1 amide bonds. The van der Waals surface area contributed by atoms with E-state index in [9.17, 15) is 4.79 Å². The van der Waals surface area contributed by atoms with Crippen molar-refractivity contribution in [2.75, 3.05) is 6.54 Å². The highest BCUT2D eigenvalue weighted by Gasteiger charge is 2.26. The van der Waals surface area contributed by atoms with Crippen LogP contribution in [0.3, 0.4) is 0 Å². The van der Waals surface area contributed by atoms with Crippen LogP contribution in [0.15, 0.2) is 9.98 Å². The lowest BCUT2D eigenvalue weighted by atomic mass is 9.95. The molecule has 0 aliphatic carbocycles. The number of hydrogen-bond acceptors (Lipinski definition) is 2. The molecule has 4 heteroatoms. The summed E-state index contributed by atoms with van der Waals surface area (Å²) in [6, 6.07) is 0. The maximum Gasteiger partial charge on any atom is 0.235 e. The van der Waals surface area contributed by atoms with Crippen LogP contribution in [0.5, 0.6) is 0 Å². The van der Waals surface area contributed by atoms with Gasteiger partial charge >= 0.3 is 0 Å². The van der Waals surface area contributed by atoms with Crippen LogP contribution in [0.4, 0.5) is 0 Å². The van der Waals surface area contributed by atoms with Crippen molar-refractivity contribution in [3.05, 3.63) is 0 Å². The summed E-state index contributed by atoms with van der Waals surface area (Å²) in [7, 11) is 0. The van der Waals surface area contributed by atoms with Gasteiger partial charge in [0.2, 0.25) is 11.9 Å². The van der Waals surface area contributed by atoms with Crippen molar-refractivity contribution < 1.29 is 4.79 Å². The molecule has 0 aromatic carbocycles. The molecule has 1 unspecified atom stereocenters. The van der Waals surface area contributed by atoms with Gasteiger partial charge in [-0.05, 0) is 20.3 Å². The van der Waals surface area contributed by atoms with E-state index < -0.39 is 0 Å². The fourth-order valence-electron chi connectivity index (χ4n) is 1.63. The highest BCUT2D eigenvalue weighted by atomic mass is 16.2. The zero-order valence-corrected chi connectivity index (χ0v) is 9.71. The first kappa shape index (κ1) is 11.9. The Kier molecular flexibility index (Phi) is 4.46. The SMILES string of the molecule is CCCCC1C(=O)NC(=NCC)N=C1C. The fraction of sp³-hybridized carbons (Fsp3) is 0.727. The number of rotatable bonds is 4. The van der Waals surface area contributed by atoms with Crippen molar-refractivity contribution in [3.63, 3.8) is 0 Å². The summed E-state index contributed by atoms with van der Waals surface area (Å²) in [5, 5.41) is 2.73. The van der Waals surface area contributed by atoms with Crippen LogP contribution >= 0.6 is 0 Å². The number of amides is 1. The molecular weight excluding hydrogens is 190 g/mol. The second kappa shape index (κ2) is 5.63. The van der Waals surface area contributed by atoms with Gasteiger partial charge in [0.15, 0.2) is 0 Å². The minimum absolute atomic E-state index is 0.0446. The van der Waals surface area contributed by atoms with Gasteiger partial charge in [0.25, 0.3) is 0 Å². The summed E-state index contributed by atoms with van der Waals surface area (Å²) in [6.07, 6.45) is 3.05. The third-order valence-electron chi connectivity index (χ3n) is 2.49. The van der Waals surface area contributed by atoms with Gasteiger partial charge < -0.3 is 0 Å². The van der Waals surface area contributed by atoms with Gasteiger partial charge in [-0.1, -0.05) is 19.8 Å². The lowest BCUT2D eigenvalue weighted by Gasteiger charge is -2.21. The van der Waals surface area contributed by atoms with Gasteiger partial charge in [-0.25, -0.2) is 4.99 Å². The molecule has 15 heavy (non-hydrogen) atoms. The first-order chi connectivity index (χ1) is 7.19. The van der Waals surface area contributed by atoms with Crippen LogP contribution in [-0.4, -0.2) is 24.1 Å². The number of hydrogen-bond donors (Lipinski definition) is 1. The highest BCUT2D eigenvalue weighted by molar-refractivity contribution is 6.16. The quantitative estimate of drug-likeness (QED) is 0.753. The Morgan fingerprint density at radius 3 is 2.73 bits per heavy atom. The average Bonchev–Trinajstić information content (AvgIpc) is 2.17. The molecule has 1 atom stereocenters. The molecule has 0 aromatic rings. The molecule has 0 radical (unpaired) electrons. The minimum atomic E-state index is -0.0549. The molecule has 0 aromatic heterocycles. The van der Waals surface area contributed by atoms with E-state index in [1.165, 1.54) is 0 Å². The smallest absolute Gasteiger partial charge is 0.235 e. The van der Waals surface area contributed by atoms with Crippen molar-refractivity contribution in [2.24, 2.45) is 15.9 Å². The van der Waals surface area contributed by atoms with Crippen LogP contribution in [0, 0.1) is 5.92 Å². The van der Waals surface area contributed by atoms with Crippen LogP contribution in [0.1, 0.15) is 40.0 Å². The Morgan fingerprint density at radius 2 is 2.20 bits per heavy atom. The minimum Gasteiger partial charge on any atom is -0.294 e. The topological polar surface area (TPSA) is 53.8 Å². The average molecular weight is 209 g/mol. The second-order valence-electron chi connectivity index (χ2n) is 3.74. The van der Waals surface area contributed by atoms with Gasteiger partial charge in [-0.15, -0.1) is 0 Å². The fourth-order valence-corrected chi connectivity index (χ4v) is 1.63. The standard InChI is InChI=1S/C11H19N3O/c1-4-6-7-9-8(3)13-11(12-5-2)14-10(9)15/h9H,4-7H2,1-3H3,(H,12,14,15). The largest absolute Gasteiger partial charge is 0.294 e. The van der Waals surface area contributed by atoms with E-state index in [0.717, 1.165) is 25.0 Å². The summed E-state index contributed by atoms with van der Waals surface area (Å²) < 4.78 is 0. The first-order valence-corrected chi connectivity index (χ1v) is 5.59. The Morgan fingerprint density at radius 1 is 1.47 bits per heavy atom. The number of aliphatic imine (C=N–C) groups is 2. The van der Waals surface area contributed by atoms with Crippen LogP contribution < -0.4 is 5.32 Å². The number of guanidine groups is 1. The van der Waals surface area contributed by atoms with E-state index in [1.54, 1.807) is 0 Å². The van der Waals surface area contributed by atoms with E-state index >= 15 is 0 Å². The highest BCUT2D eigenvalue weighted by Crippen LogP contribution is 2.14. The predicted octanol–water partition coefficient (Wildman–Crippen LogP) is 1.76. The molecule has 0 saturated heterocycles. The summed E-state index contributed by atoms with van der Waals surface area (Å²) in [5.41, 5.74) is 0.888. The molecule has 1 N–H and O–H groups in total. The molecule has 0 saturated carbocycles. The molecule has 1 rings (SSSR count). The van der Waals surface area contributed by atoms with Gasteiger partial charge in [0.05, 0.1) is 5.92 Å². The van der Waals surface area contributed by atoms with Crippen molar-refractivity contribution >= 4 is 17.6 Å². The van der Waals surface area contributed by atoms with E-state index in [0.29, 0.717) is 12.5 Å². The molecule has 4 nitrogen and oxygen atoms in total. The summed E-state index contributed by atoms with van der Waals surface area (Å²) in [5.74, 6) is 0.455. The van der Waals surface area contributed by atoms with Gasteiger partial charge in [0.1, 0.15) is 0 Å². The molecule has 1 heterocycles. The van der Waals surface area contributed by atoms with Crippen molar-refractivity contribution in [3.8, 4) is 0 Å². The monoisotopic (exact) mass is 209 g/mol. The molecule has 1 aliphatic heterocycles. The zero-order chi connectivity index (χ0) is 11.3. The lowest BCUT2D eigenvalue weighted by molar-refractivity contribution is -0.122. The molecule has 0 bridgehead atoms. The van der Waals surface area contributed by atoms with Gasteiger partial charge in [0, 0.05) is 12.3 Å². The third-order valence-corrected chi connectivity index (χ3v) is 2.49. The van der Waals surface area contributed by atoms with Crippen molar-refractivity contribution in [1.82, 2.24) is 5.32 Å². The van der Waals surface area contributed by atoms with Gasteiger partial charge in [-0.2, -0.15) is 0 Å². The molecule has 0 fully saturated rings. The van der Waals surface area contributed by atoms with E-state index in [4.69, 9.17) is 0 Å². The molecular formula is C11H19N3O. The van der Waals surface area contributed by atoms with E-state index in [2.05, 4.69) is 22.2 Å². The maximum atomic E-state index is 11.7. The Balaban J connectivity index is 2.73. The van der Waals surface area contributed by atoms with Crippen LogP contribution in [0.2, 0.25) is 0 Å². The van der Waals surface area contributed by atoms with Crippen LogP contribution in [-0.2, 0) is 4.79 Å². The van der Waals surface area contributed by atoms with E-state index in [1.807, 2.05) is 13.8 Å². The Bertz CT molecular complexity index is 294. The second-order valence-corrected chi connectivity index (χ2v) is 3.74. The molecule has 84 valence electrons. The summed E-state index contributed by atoms with van der Waals surface area (Å²) in [4.78, 5) is 20.1. The van der Waals surface area contributed by atoms with Crippen molar-refractivity contribution in [2.45, 2.75) is 40.0 Å².